The minimum Gasteiger partial charge on any atom is -0.378 e. The average molecular weight is 343 g/mol. The van der Waals surface area contributed by atoms with E-state index in [4.69, 9.17) is 10.5 Å². The zero-order valence-electron chi connectivity index (χ0n) is 14.6. The Hall–Kier alpha value is -1.10. The summed E-state index contributed by atoms with van der Waals surface area (Å²) in [6.07, 6.45) is 1.01. The van der Waals surface area contributed by atoms with E-state index in [0.29, 0.717) is 19.1 Å². The first-order valence-electron chi connectivity index (χ1n) is 8.17. The Morgan fingerprint density at radius 2 is 1.83 bits per heavy atom. The van der Waals surface area contributed by atoms with E-state index >= 15 is 0 Å². The zero-order chi connectivity index (χ0) is 16.5. The normalized spacial score (nSPS) is 14.7. The van der Waals surface area contributed by atoms with Crippen LogP contribution in [0.1, 0.15) is 45.7 Å². The van der Waals surface area contributed by atoms with Crippen molar-refractivity contribution in [2.45, 2.75) is 46.3 Å². The Kier molecular flexibility index (Phi) is 10.9. The highest BCUT2D eigenvalue weighted by Gasteiger charge is 2.22. The van der Waals surface area contributed by atoms with Gasteiger partial charge in [0, 0.05) is 19.2 Å². The number of hydrogen-bond donors (Lipinski definition) is 2. The largest absolute Gasteiger partial charge is 0.378 e. The van der Waals surface area contributed by atoms with Crippen LogP contribution < -0.4 is 11.1 Å². The van der Waals surface area contributed by atoms with Crippen LogP contribution in [-0.2, 0) is 9.53 Å². The summed E-state index contributed by atoms with van der Waals surface area (Å²) >= 11 is 0. The molecule has 3 atom stereocenters. The summed E-state index contributed by atoms with van der Waals surface area (Å²) in [4.78, 5) is 12.2. The molecule has 0 aliphatic heterocycles. The highest BCUT2D eigenvalue weighted by Crippen LogP contribution is 2.19. The molecule has 3 N–H and O–H groups in total. The molecule has 5 heteroatoms. The molecule has 0 fully saturated rings. The molecule has 0 aromatic heterocycles. The van der Waals surface area contributed by atoms with E-state index < -0.39 is 0 Å². The maximum absolute atomic E-state index is 12.2. The number of carbonyl (C=O) groups excluding carboxylic acids is 1. The molecule has 0 radical (unpaired) electrons. The van der Waals surface area contributed by atoms with Gasteiger partial charge in [-0.1, -0.05) is 51.1 Å². The Morgan fingerprint density at radius 3 is 2.35 bits per heavy atom. The lowest BCUT2D eigenvalue weighted by molar-refractivity contribution is -0.125. The third-order valence-electron chi connectivity index (χ3n) is 3.99. The van der Waals surface area contributed by atoms with Crippen molar-refractivity contribution < 1.29 is 9.53 Å². The third-order valence-corrected chi connectivity index (χ3v) is 3.99. The third kappa shape index (κ3) is 7.34. The van der Waals surface area contributed by atoms with Crippen LogP contribution in [0.4, 0.5) is 0 Å². The van der Waals surface area contributed by atoms with Gasteiger partial charge in [0.15, 0.2) is 0 Å². The maximum Gasteiger partial charge on any atom is 0.224 e. The molecule has 0 saturated heterocycles. The van der Waals surface area contributed by atoms with Crippen LogP contribution in [-0.4, -0.2) is 25.2 Å². The molecule has 23 heavy (non-hydrogen) atoms. The van der Waals surface area contributed by atoms with Crippen LogP contribution in [0, 0.1) is 11.8 Å². The van der Waals surface area contributed by atoms with E-state index in [9.17, 15) is 4.79 Å². The van der Waals surface area contributed by atoms with Gasteiger partial charge in [-0.15, -0.1) is 12.4 Å². The Morgan fingerprint density at radius 1 is 1.22 bits per heavy atom. The van der Waals surface area contributed by atoms with Crippen molar-refractivity contribution in [3.8, 4) is 0 Å². The summed E-state index contributed by atoms with van der Waals surface area (Å²) in [7, 11) is 0. The van der Waals surface area contributed by atoms with Gasteiger partial charge in [0.25, 0.3) is 0 Å². The van der Waals surface area contributed by atoms with E-state index in [1.165, 1.54) is 0 Å². The molecule has 0 aliphatic carbocycles. The fourth-order valence-corrected chi connectivity index (χ4v) is 2.45. The van der Waals surface area contributed by atoms with E-state index in [-0.39, 0.29) is 36.4 Å². The van der Waals surface area contributed by atoms with Gasteiger partial charge >= 0.3 is 0 Å². The minimum atomic E-state index is -0.283. The number of rotatable bonds is 9. The number of ether oxygens (including phenoxy) is 1. The van der Waals surface area contributed by atoms with Crippen molar-refractivity contribution >= 4 is 18.3 Å². The molecule has 0 bridgehead atoms. The highest BCUT2D eigenvalue weighted by molar-refractivity contribution is 5.85. The van der Waals surface area contributed by atoms with Crippen LogP contribution in [0.15, 0.2) is 30.3 Å². The van der Waals surface area contributed by atoms with E-state index in [1.807, 2.05) is 44.2 Å². The van der Waals surface area contributed by atoms with E-state index in [2.05, 4.69) is 19.2 Å². The van der Waals surface area contributed by atoms with Gasteiger partial charge in [-0.05, 0) is 24.8 Å². The second kappa shape index (κ2) is 11.4. The predicted molar refractivity (Wildman–Crippen MR) is 97.7 cm³/mol. The lowest BCUT2D eigenvalue weighted by Crippen LogP contribution is -2.37. The number of halogens is 1. The van der Waals surface area contributed by atoms with Crippen molar-refractivity contribution in [1.82, 2.24) is 5.32 Å². The van der Waals surface area contributed by atoms with Crippen LogP contribution in [0.5, 0.6) is 0 Å². The van der Waals surface area contributed by atoms with Crippen molar-refractivity contribution in [3.63, 3.8) is 0 Å². The molecule has 0 spiro atoms. The summed E-state index contributed by atoms with van der Waals surface area (Å²) < 4.78 is 5.69. The van der Waals surface area contributed by atoms with E-state index in [0.717, 1.165) is 12.0 Å². The number of benzene rings is 1. The van der Waals surface area contributed by atoms with Crippen LogP contribution >= 0.6 is 12.4 Å². The minimum absolute atomic E-state index is 0. The fourth-order valence-electron chi connectivity index (χ4n) is 2.45. The van der Waals surface area contributed by atoms with Crippen molar-refractivity contribution in [2.24, 2.45) is 17.6 Å². The second-order valence-corrected chi connectivity index (χ2v) is 6.04. The van der Waals surface area contributed by atoms with Gasteiger partial charge in [-0.25, -0.2) is 0 Å². The SMILES string of the molecule is CCOC(CCNC(=O)C(C)C(N)c1ccccc1)C(C)C.Cl. The summed E-state index contributed by atoms with van der Waals surface area (Å²) in [5.74, 6) is 0.184. The summed E-state index contributed by atoms with van der Waals surface area (Å²) in [6, 6.07) is 9.45. The van der Waals surface area contributed by atoms with Gasteiger partial charge in [-0.3, -0.25) is 4.79 Å². The first kappa shape index (κ1) is 21.9. The molecule has 1 aromatic carbocycles. The fraction of sp³-hybridized carbons (Fsp3) is 0.611. The first-order chi connectivity index (χ1) is 10.5. The summed E-state index contributed by atoms with van der Waals surface area (Å²) in [5, 5.41) is 2.98. The summed E-state index contributed by atoms with van der Waals surface area (Å²) in [6.45, 7) is 9.45. The predicted octanol–water partition coefficient (Wildman–Crippen LogP) is 3.31. The molecule has 3 unspecified atom stereocenters. The molecule has 1 aromatic rings. The zero-order valence-corrected chi connectivity index (χ0v) is 15.4. The van der Waals surface area contributed by atoms with E-state index in [1.54, 1.807) is 0 Å². The second-order valence-electron chi connectivity index (χ2n) is 6.04. The lowest BCUT2D eigenvalue weighted by atomic mass is 9.94. The smallest absolute Gasteiger partial charge is 0.224 e. The van der Waals surface area contributed by atoms with Crippen LogP contribution in [0.2, 0.25) is 0 Å². The topological polar surface area (TPSA) is 64.3 Å². The number of amides is 1. The van der Waals surface area contributed by atoms with Gasteiger partial charge in [0.05, 0.1) is 12.0 Å². The first-order valence-corrected chi connectivity index (χ1v) is 8.17. The molecular weight excluding hydrogens is 312 g/mol. The maximum atomic E-state index is 12.2. The van der Waals surface area contributed by atoms with Crippen molar-refractivity contribution in [3.05, 3.63) is 35.9 Å². The molecule has 132 valence electrons. The molecule has 0 saturated carbocycles. The summed E-state index contributed by atoms with van der Waals surface area (Å²) in [5.41, 5.74) is 7.17. The van der Waals surface area contributed by atoms with Crippen molar-refractivity contribution in [2.75, 3.05) is 13.2 Å². The van der Waals surface area contributed by atoms with Crippen LogP contribution in [0.25, 0.3) is 0 Å². The Balaban J connectivity index is 0.00000484. The number of nitrogens with two attached hydrogens (primary N) is 1. The number of nitrogens with one attached hydrogen (secondary N) is 1. The molecule has 1 amide bonds. The van der Waals surface area contributed by atoms with Gasteiger partial charge in [-0.2, -0.15) is 0 Å². The van der Waals surface area contributed by atoms with Crippen molar-refractivity contribution in [1.29, 1.82) is 0 Å². The Labute approximate surface area is 146 Å². The van der Waals surface area contributed by atoms with Gasteiger partial charge < -0.3 is 15.8 Å². The average Bonchev–Trinajstić information content (AvgIpc) is 2.53. The highest BCUT2D eigenvalue weighted by atomic mass is 35.5. The lowest BCUT2D eigenvalue weighted by Gasteiger charge is -2.23. The van der Waals surface area contributed by atoms with Gasteiger partial charge in [0.1, 0.15) is 0 Å². The van der Waals surface area contributed by atoms with Crippen LogP contribution in [0.3, 0.4) is 0 Å². The number of carbonyl (C=O) groups is 1. The molecule has 4 nitrogen and oxygen atoms in total. The molecule has 1 rings (SSSR count). The standard InChI is InChI=1S/C18H30N2O2.ClH/c1-5-22-16(13(2)3)11-12-20-18(21)14(4)17(19)15-9-7-6-8-10-15;/h6-10,13-14,16-17H,5,11-12,19H2,1-4H3,(H,20,21);1H. The molecular formula is C18H31ClN2O2. The molecule has 0 heterocycles. The van der Waals surface area contributed by atoms with Gasteiger partial charge in [0.2, 0.25) is 5.91 Å². The Bertz CT molecular complexity index is 440. The number of hydrogen-bond acceptors (Lipinski definition) is 3. The quantitative estimate of drug-likeness (QED) is 0.723. The monoisotopic (exact) mass is 342 g/mol. The molecule has 0 aliphatic rings.